The van der Waals surface area contributed by atoms with Crippen molar-refractivity contribution in [1.29, 1.82) is 0 Å². The number of carbonyl (C=O) groups is 1. The molecule has 124 valence electrons. The van der Waals surface area contributed by atoms with Gasteiger partial charge in [0.2, 0.25) is 5.91 Å². The number of fused-ring (bicyclic) bond motifs is 1. The summed E-state index contributed by atoms with van der Waals surface area (Å²) < 4.78 is 1.84. The number of nitrogens with one attached hydrogen (secondary N) is 1. The fourth-order valence-corrected chi connectivity index (χ4v) is 3.20. The van der Waals surface area contributed by atoms with Gasteiger partial charge in [-0.15, -0.1) is 0 Å². The van der Waals surface area contributed by atoms with Crippen molar-refractivity contribution in [3.8, 4) is 0 Å². The predicted octanol–water partition coefficient (Wildman–Crippen LogP) is 0.955. The Labute approximate surface area is 136 Å². The summed E-state index contributed by atoms with van der Waals surface area (Å²) in [6, 6.07) is 6.22. The molecule has 2 heterocycles. The lowest BCUT2D eigenvalue weighted by Gasteiger charge is -2.29. The second-order valence-electron chi connectivity index (χ2n) is 6.40. The van der Waals surface area contributed by atoms with Gasteiger partial charge in [-0.2, -0.15) is 5.10 Å². The Bertz CT molecular complexity index is 710. The van der Waals surface area contributed by atoms with E-state index in [1.54, 1.807) is 0 Å². The van der Waals surface area contributed by atoms with Crippen LogP contribution in [0.3, 0.4) is 0 Å². The molecule has 3 rings (SSSR count). The molecule has 0 bridgehead atoms. The molecule has 0 aliphatic carbocycles. The van der Waals surface area contributed by atoms with Gasteiger partial charge in [-0.05, 0) is 38.4 Å². The van der Waals surface area contributed by atoms with Crippen molar-refractivity contribution in [2.75, 3.05) is 19.6 Å². The maximum Gasteiger partial charge on any atom is 0.234 e. The summed E-state index contributed by atoms with van der Waals surface area (Å²) in [6.07, 6.45) is 1.47. The minimum absolute atomic E-state index is 0.0226. The summed E-state index contributed by atoms with van der Waals surface area (Å²) in [5.74, 6) is -0.0226. The topological polar surface area (TPSA) is 70.4 Å². The van der Waals surface area contributed by atoms with Crippen LogP contribution in [0.25, 0.3) is 10.9 Å². The Morgan fingerprint density at radius 1 is 1.48 bits per heavy atom. The molecule has 0 unspecified atom stereocenters. The van der Waals surface area contributed by atoms with Crippen LogP contribution in [0.5, 0.6) is 0 Å². The van der Waals surface area contributed by atoms with Gasteiger partial charge in [0.05, 0.1) is 30.4 Å². The van der Waals surface area contributed by atoms with Crippen molar-refractivity contribution < 1.29 is 9.90 Å². The van der Waals surface area contributed by atoms with Crippen LogP contribution in [0.15, 0.2) is 18.2 Å². The van der Waals surface area contributed by atoms with E-state index >= 15 is 0 Å². The monoisotopic (exact) mass is 316 g/mol. The smallest absolute Gasteiger partial charge is 0.234 e. The average molecular weight is 316 g/mol. The Morgan fingerprint density at radius 3 is 3.09 bits per heavy atom. The first-order chi connectivity index (χ1) is 11.0. The summed E-state index contributed by atoms with van der Waals surface area (Å²) in [5, 5.41) is 18.2. The lowest BCUT2D eigenvalue weighted by molar-refractivity contribution is -0.123. The van der Waals surface area contributed by atoms with Crippen LogP contribution in [0.1, 0.15) is 24.1 Å². The molecule has 2 aromatic rings. The minimum Gasteiger partial charge on any atom is -0.392 e. The van der Waals surface area contributed by atoms with E-state index in [1.165, 1.54) is 5.56 Å². The van der Waals surface area contributed by atoms with Crippen molar-refractivity contribution in [3.05, 3.63) is 29.5 Å². The molecule has 2 N–H and O–H groups in total. The molecule has 1 aliphatic rings. The fraction of sp³-hybridized carbons (Fsp3) is 0.529. The maximum absolute atomic E-state index is 12.1. The molecule has 1 aromatic carbocycles. The van der Waals surface area contributed by atoms with Gasteiger partial charge in [-0.25, -0.2) is 0 Å². The molecule has 1 atom stereocenters. The van der Waals surface area contributed by atoms with Crippen LogP contribution in [-0.2, 0) is 18.4 Å². The van der Waals surface area contributed by atoms with Crippen LogP contribution in [-0.4, -0.2) is 51.4 Å². The summed E-state index contributed by atoms with van der Waals surface area (Å²) in [5.41, 5.74) is 3.14. The second kappa shape index (κ2) is 6.68. The molecule has 6 nitrogen and oxygen atoms in total. The lowest BCUT2D eigenvalue weighted by atomic mass is 10.1. The largest absolute Gasteiger partial charge is 0.392 e. The van der Waals surface area contributed by atoms with Gasteiger partial charge in [-0.3, -0.25) is 14.4 Å². The first-order valence-electron chi connectivity index (χ1n) is 8.12. The van der Waals surface area contributed by atoms with Crippen molar-refractivity contribution in [2.45, 2.75) is 32.4 Å². The Morgan fingerprint density at radius 2 is 2.30 bits per heavy atom. The highest BCUT2D eigenvalue weighted by Gasteiger charge is 2.19. The number of hydrogen-bond donors (Lipinski definition) is 2. The number of carbonyl (C=O) groups excluding carboxylic acids is 1. The quantitative estimate of drug-likeness (QED) is 0.881. The standard InChI is InChI=1S/C17H24N4O2/c1-12-5-6-16-14(8-12)15(19-20(16)2)9-18-17(23)11-21-7-3-4-13(22)10-21/h5-6,8,13,22H,3-4,7,9-11H2,1-2H3,(H,18,23)/t13-/m0/s1. The number of hydrogen-bond acceptors (Lipinski definition) is 4. The molecule has 0 spiro atoms. The summed E-state index contributed by atoms with van der Waals surface area (Å²) in [7, 11) is 1.91. The van der Waals surface area contributed by atoms with Crippen LogP contribution in [0.4, 0.5) is 0 Å². The number of aliphatic hydroxyl groups is 1. The van der Waals surface area contributed by atoms with E-state index in [9.17, 15) is 9.90 Å². The Balaban J connectivity index is 1.62. The number of aliphatic hydroxyl groups excluding tert-OH is 1. The van der Waals surface area contributed by atoms with Crippen molar-refractivity contribution >= 4 is 16.8 Å². The zero-order chi connectivity index (χ0) is 16.4. The molecular formula is C17H24N4O2. The number of likely N-dealkylation sites (tertiary alicyclic amines) is 1. The zero-order valence-corrected chi connectivity index (χ0v) is 13.7. The Kier molecular flexibility index (Phi) is 4.63. The number of aryl methyl sites for hydroxylation is 2. The zero-order valence-electron chi connectivity index (χ0n) is 13.7. The molecule has 0 radical (unpaired) electrons. The number of piperidine rings is 1. The van der Waals surface area contributed by atoms with Crippen LogP contribution >= 0.6 is 0 Å². The van der Waals surface area contributed by atoms with Crippen LogP contribution in [0, 0.1) is 6.92 Å². The number of amides is 1. The van der Waals surface area contributed by atoms with E-state index in [-0.39, 0.29) is 12.0 Å². The molecule has 6 heteroatoms. The first kappa shape index (κ1) is 16.0. The van der Waals surface area contributed by atoms with Gasteiger partial charge in [0.25, 0.3) is 0 Å². The van der Waals surface area contributed by atoms with E-state index < -0.39 is 0 Å². The lowest BCUT2D eigenvalue weighted by Crippen LogP contribution is -2.44. The van der Waals surface area contributed by atoms with Gasteiger partial charge in [0.15, 0.2) is 0 Å². The van der Waals surface area contributed by atoms with Gasteiger partial charge in [0, 0.05) is 19.0 Å². The van der Waals surface area contributed by atoms with Gasteiger partial charge in [-0.1, -0.05) is 11.6 Å². The molecule has 1 fully saturated rings. The SMILES string of the molecule is Cc1ccc2c(c1)c(CNC(=O)CN1CCC[C@H](O)C1)nn2C. The second-order valence-corrected chi connectivity index (χ2v) is 6.40. The van der Waals surface area contributed by atoms with Crippen LogP contribution in [0.2, 0.25) is 0 Å². The number of β-amino-alcohol motifs (C(OH)–C–C–N with tert-alkyl or cyclic N) is 1. The van der Waals surface area contributed by atoms with Gasteiger partial charge < -0.3 is 10.4 Å². The maximum atomic E-state index is 12.1. The fourth-order valence-electron chi connectivity index (χ4n) is 3.20. The van der Waals surface area contributed by atoms with E-state index in [0.29, 0.717) is 19.6 Å². The first-order valence-corrected chi connectivity index (χ1v) is 8.12. The highest BCUT2D eigenvalue weighted by Crippen LogP contribution is 2.19. The molecule has 0 saturated carbocycles. The molecule has 1 amide bonds. The third-order valence-electron chi connectivity index (χ3n) is 4.38. The molecule has 1 aliphatic heterocycles. The molecule has 1 aromatic heterocycles. The van der Waals surface area contributed by atoms with Crippen molar-refractivity contribution in [3.63, 3.8) is 0 Å². The minimum atomic E-state index is -0.306. The van der Waals surface area contributed by atoms with E-state index in [4.69, 9.17) is 0 Å². The van der Waals surface area contributed by atoms with Crippen molar-refractivity contribution in [1.82, 2.24) is 20.0 Å². The predicted molar refractivity (Wildman–Crippen MR) is 89.0 cm³/mol. The van der Waals surface area contributed by atoms with E-state index in [0.717, 1.165) is 36.0 Å². The number of benzene rings is 1. The summed E-state index contributed by atoms with van der Waals surface area (Å²) in [4.78, 5) is 14.1. The normalized spacial score (nSPS) is 19.2. The van der Waals surface area contributed by atoms with Crippen LogP contribution < -0.4 is 5.32 Å². The molecule has 23 heavy (non-hydrogen) atoms. The van der Waals surface area contributed by atoms with E-state index in [2.05, 4.69) is 35.5 Å². The third kappa shape index (κ3) is 3.71. The number of aromatic nitrogens is 2. The average Bonchev–Trinajstić information content (AvgIpc) is 2.81. The third-order valence-corrected chi connectivity index (χ3v) is 4.38. The molecule has 1 saturated heterocycles. The number of nitrogens with zero attached hydrogens (tertiary/aromatic N) is 3. The highest BCUT2D eigenvalue weighted by molar-refractivity contribution is 5.83. The van der Waals surface area contributed by atoms with Gasteiger partial charge in [0.1, 0.15) is 0 Å². The van der Waals surface area contributed by atoms with Gasteiger partial charge >= 0.3 is 0 Å². The highest BCUT2D eigenvalue weighted by atomic mass is 16.3. The summed E-state index contributed by atoms with van der Waals surface area (Å²) in [6.45, 7) is 4.27. The summed E-state index contributed by atoms with van der Waals surface area (Å²) >= 11 is 0. The number of rotatable bonds is 4. The molecular weight excluding hydrogens is 292 g/mol. The van der Waals surface area contributed by atoms with Crippen molar-refractivity contribution in [2.24, 2.45) is 7.05 Å². The van der Waals surface area contributed by atoms with E-state index in [1.807, 2.05) is 16.6 Å². The Hall–Kier alpha value is -1.92.